The molecule has 5 nitrogen and oxygen atoms in total. The van der Waals surface area contributed by atoms with Gasteiger partial charge in [0.15, 0.2) is 11.6 Å². The number of anilines is 1. The third kappa shape index (κ3) is 3.41. The van der Waals surface area contributed by atoms with Crippen molar-refractivity contribution in [3.63, 3.8) is 0 Å². The summed E-state index contributed by atoms with van der Waals surface area (Å²) in [5, 5.41) is 6.84. The van der Waals surface area contributed by atoms with Crippen LogP contribution in [0.2, 0.25) is 0 Å². The Balaban J connectivity index is 2.36. The quantitative estimate of drug-likeness (QED) is 0.906. The molecule has 0 aliphatic heterocycles. The van der Waals surface area contributed by atoms with Crippen molar-refractivity contribution in [3.05, 3.63) is 59.7 Å². The first-order chi connectivity index (χ1) is 9.79. The molecule has 21 heavy (non-hydrogen) atoms. The maximum atomic E-state index is 13.7. The summed E-state index contributed by atoms with van der Waals surface area (Å²) < 4.78 is 49.6. The van der Waals surface area contributed by atoms with E-state index in [0.29, 0.717) is 12.1 Å². The summed E-state index contributed by atoms with van der Waals surface area (Å²) in [5.41, 5.74) is -0.539. The summed E-state index contributed by atoms with van der Waals surface area (Å²) in [6.45, 7) is 0. The molecule has 0 spiro atoms. The van der Waals surface area contributed by atoms with E-state index in [-0.39, 0.29) is 5.56 Å². The summed E-state index contributed by atoms with van der Waals surface area (Å²) in [5.74, 6) is -3.19. The molecular weight excluding hydrogens is 302 g/mol. The van der Waals surface area contributed by atoms with E-state index in [4.69, 9.17) is 5.14 Å². The minimum Gasteiger partial charge on any atom is -0.317 e. The Bertz CT molecular complexity index is 769. The zero-order chi connectivity index (χ0) is 15.6. The van der Waals surface area contributed by atoms with Gasteiger partial charge in [-0.2, -0.15) is 0 Å². The minimum absolute atomic E-state index is 0.201. The largest absolute Gasteiger partial charge is 0.317 e. The summed E-state index contributed by atoms with van der Waals surface area (Å²) in [7, 11) is -4.24. The van der Waals surface area contributed by atoms with Gasteiger partial charge in [0.2, 0.25) is 10.0 Å². The number of carbonyl (C=O) groups excluding carboxylic acids is 1. The smallest absolute Gasteiger partial charge is 0.255 e. The van der Waals surface area contributed by atoms with Crippen LogP contribution in [0.1, 0.15) is 10.4 Å². The van der Waals surface area contributed by atoms with Crippen molar-refractivity contribution in [2.45, 2.75) is 4.90 Å². The number of halogens is 2. The van der Waals surface area contributed by atoms with Crippen LogP contribution >= 0.6 is 0 Å². The van der Waals surface area contributed by atoms with Crippen LogP contribution in [0.5, 0.6) is 0 Å². The highest BCUT2D eigenvalue weighted by Crippen LogP contribution is 2.23. The Morgan fingerprint density at radius 2 is 1.57 bits per heavy atom. The monoisotopic (exact) mass is 312 g/mol. The second-order valence-corrected chi connectivity index (χ2v) is 5.69. The number of nitrogens with two attached hydrogens (primary N) is 1. The molecule has 2 aromatic carbocycles. The van der Waals surface area contributed by atoms with Crippen LogP contribution in [0.4, 0.5) is 14.5 Å². The number of primary sulfonamides is 1. The number of amides is 1. The Labute approximate surface area is 119 Å². The fraction of sp³-hybridized carbons (Fsp3) is 0. The van der Waals surface area contributed by atoms with Crippen LogP contribution in [0.25, 0.3) is 0 Å². The molecule has 0 atom stereocenters. The number of hydrogen-bond donors (Lipinski definition) is 2. The number of benzene rings is 2. The van der Waals surface area contributed by atoms with E-state index in [0.717, 1.165) is 0 Å². The number of sulfonamides is 1. The topological polar surface area (TPSA) is 89.3 Å². The lowest BCUT2D eigenvalue weighted by Crippen LogP contribution is -2.16. The normalized spacial score (nSPS) is 11.2. The molecule has 0 aromatic heterocycles. The first-order valence-electron chi connectivity index (χ1n) is 5.67. The van der Waals surface area contributed by atoms with Gasteiger partial charge < -0.3 is 5.32 Å². The van der Waals surface area contributed by atoms with Gasteiger partial charge in [-0.15, -0.1) is 0 Å². The van der Waals surface area contributed by atoms with Gasteiger partial charge in [-0.05, 0) is 24.3 Å². The Hall–Kier alpha value is -2.32. The predicted molar refractivity (Wildman–Crippen MR) is 72.1 cm³/mol. The van der Waals surface area contributed by atoms with Crippen LogP contribution in [0, 0.1) is 11.6 Å². The van der Waals surface area contributed by atoms with Crippen LogP contribution < -0.4 is 10.5 Å². The molecule has 0 unspecified atom stereocenters. The van der Waals surface area contributed by atoms with Gasteiger partial charge in [0.05, 0.1) is 4.90 Å². The molecule has 8 heteroatoms. The van der Waals surface area contributed by atoms with Crippen molar-refractivity contribution in [3.8, 4) is 0 Å². The number of rotatable bonds is 3. The maximum Gasteiger partial charge on any atom is 0.255 e. The molecule has 110 valence electrons. The minimum atomic E-state index is -4.24. The lowest BCUT2D eigenvalue weighted by molar-refractivity contribution is 0.102. The van der Waals surface area contributed by atoms with E-state index in [1.165, 1.54) is 12.1 Å². The maximum absolute atomic E-state index is 13.7. The van der Waals surface area contributed by atoms with E-state index in [1.54, 1.807) is 18.2 Å². The first kappa shape index (κ1) is 15.1. The molecule has 3 N–H and O–H groups in total. The molecule has 0 aliphatic rings. The predicted octanol–water partition coefficient (Wildman–Crippen LogP) is 1.86. The van der Waals surface area contributed by atoms with Crippen LogP contribution in [0.15, 0.2) is 47.4 Å². The van der Waals surface area contributed by atoms with E-state index < -0.39 is 38.1 Å². The SMILES string of the molecule is NS(=O)(=O)c1cc(F)c(NC(=O)c2ccccc2)c(F)c1. The lowest BCUT2D eigenvalue weighted by atomic mass is 10.2. The Morgan fingerprint density at radius 1 is 1.05 bits per heavy atom. The highest BCUT2D eigenvalue weighted by molar-refractivity contribution is 7.89. The fourth-order valence-corrected chi connectivity index (χ4v) is 2.14. The molecule has 0 saturated heterocycles. The van der Waals surface area contributed by atoms with E-state index in [2.05, 4.69) is 0 Å². The average Bonchev–Trinajstić information content (AvgIpc) is 2.42. The molecule has 0 fully saturated rings. The third-order valence-electron chi connectivity index (χ3n) is 2.62. The van der Waals surface area contributed by atoms with Gasteiger partial charge in [-0.1, -0.05) is 18.2 Å². The van der Waals surface area contributed by atoms with Crippen LogP contribution in [0.3, 0.4) is 0 Å². The van der Waals surface area contributed by atoms with E-state index in [9.17, 15) is 22.0 Å². The van der Waals surface area contributed by atoms with Crippen molar-refractivity contribution >= 4 is 21.6 Å². The zero-order valence-electron chi connectivity index (χ0n) is 10.5. The van der Waals surface area contributed by atoms with Crippen LogP contribution in [-0.4, -0.2) is 14.3 Å². The van der Waals surface area contributed by atoms with E-state index in [1.807, 2.05) is 5.32 Å². The van der Waals surface area contributed by atoms with Gasteiger partial charge in [-0.25, -0.2) is 22.3 Å². The van der Waals surface area contributed by atoms with Gasteiger partial charge in [0, 0.05) is 5.56 Å². The molecule has 1 amide bonds. The first-order valence-corrected chi connectivity index (χ1v) is 7.22. The number of carbonyl (C=O) groups is 1. The van der Waals surface area contributed by atoms with Gasteiger partial charge in [0.1, 0.15) is 5.69 Å². The second kappa shape index (κ2) is 5.58. The van der Waals surface area contributed by atoms with Gasteiger partial charge in [-0.3, -0.25) is 4.79 Å². The standard InChI is InChI=1S/C13H10F2N2O3S/c14-10-6-9(21(16,19)20)7-11(15)12(10)17-13(18)8-4-2-1-3-5-8/h1-7H,(H,17,18)(H2,16,19,20). The molecule has 0 heterocycles. The van der Waals surface area contributed by atoms with Gasteiger partial charge in [0.25, 0.3) is 5.91 Å². The molecule has 2 aromatic rings. The highest BCUT2D eigenvalue weighted by Gasteiger charge is 2.18. The Morgan fingerprint density at radius 3 is 2.05 bits per heavy atom. The summed E-state index contributed by atoms with van der Waals surface area (Å²) in [6, 6.07) is 8.86. The summed E-state index contributed by atoms with van der Waals surface area (Å²) >= 11 is 0. The molecule has 0 radical (unpaired) electrons. The second-order valence-electron chi connectivity index (χ2n) is 4.13. The molecular formula is C13H10F2N2O3S. The zero-order valence-corrected chi connectivity index (χ0v) is 11.3. The summed E-state index contributed by atoms with van der Waals surface area (Å²) in [4.78, 5) is 11.1. The van der Waals surface area contributed by atoms with Crippen LogP contribution in [-0.2, 0) is 10.0 Å². The van der Waals surface area contributed by atoms with Crippen molar-refractivity contribution < 1.29 is 22.0 Å². The Kier molecular flexibility index (Phi) is 4.01. The molecule has 0 aliphatic carbocycles. The average molecular weight is 312 g/mol. The van der Waals surface area contributed by atoms with Crippen molar-refractivity contribution in [1.82, 2.24) is 0 Å². The van der Waals surface area contributed by atoms with Crippen molar-refractivity contribution in [1.29, 1.82) is 0 Å². The fourth-order valence-electron chi connectivity index (χ4n) is 1.61. The van der Waals surface area contributed by atoms with Crippen molar-refractivity contribution in [2.75, 3.05) is 5.32 Å². The third-order valence-corrected chi connectivity index (χ3v) is 3.51. The molecule has 2 rings (SSSR count). The summed E-state index contributed by atoms with van der Waals surface area (Å²) in [6.07, 6.45) is 0. The van der Waals surface area contributed by atoms with E-state index >= 15 is 0 Å². The van der Waals surface area contributed by atoms with Crippen molar-refractivity contribution in [2.24, 2.45) is 5.14 Å². The number of hydrogen-bond acceptors (Lipinski definition) is 3. The number of nitrogens with one attached hydrogen (secondary N) is 1. The lowest BCUT2D eigenvalue weighted by Gasteiger charge is -2.09. The molecule has 0 saturated carbocycles. The van der Waals surface area contributed by atoms with Gasteiger partial charge >= 0.3 is 0 Å². The molecule has 0 bridgehead atoms. The highest BCUT2D eigenvalue weighted by atomic mass is 32.2.